The van der Waals surface area contributed by atoms with Crippen LogP contribution in [0.2, 0.25) is 0 Å². The maximum atomic E-state index is 12.5. The fraction of sp³-hybridized carbons (Fsp3) is 0.312. The number of ether oxygens (including phenoxy) is 1. The minimum atomic E-state index is -0.506. The maximum absolute atomic E-state index is 12.5. The Bertz CT molecular complexity index is 761. The van der Waals surface area contributed by atoms with Crippen molar-refractivity contribution in [3.63, 3.8) is 0 Å². The third-order valence-corrected chi connectivity index (χ3v) is 4.74. The number of nitrogens with zero attached hydrogens (tertiary/aromatic N) is 2. The van der Waals surface area contributed by atoms with Crippen LogP contribution >= 0.6 is 11.3 Å². The van der Waals surface area contributed by atoms with Crippen molar-refractivity contribution in [3.05, 3.63) is 40.9 Å². The van der Waals surface area contributed by atoms with Gasteiger partial charge in [0, 0.05) is 20.2 Å². The lowest BCUT2D eigenvalue weighted by Crippen LogP contribution is -2.30. The highest BCUT2D eigenvalue weighted by molar-refractivity contribution is 7.14. The number of primary amides is 1. The van der Waals surface area contributed by atoms with Gasteiger partial charge in [-0.15, -0.1) is 11.3 Å². The van der Waals surface area contributed by atoms with Crippen molar-refractivity contribution < 1.29 is 14.3 Å². The molecule has 2 aromatic rings. The number of aromatic nitrogens is 1. The SMILES string of the molecule is CO[C@H]1CCN(C(=O)c2cccc(Nc3sccc3C(N)=O)n2)C1. The van der Waals surface area contributed by atoms with Crippen LogP contribution in [0.5, 0.6) is 0 Å². The largest absolute Gasteiger partial charge is 0.380 e. The first-order chi connectivity index (χ1) is 11.6. The highest BCUT2D eigenvalue weighted by atomic mass is 32.1. The number of amides is 2. The summed E-state index contributed by atoms with van der Waals surface area (Å²) in [6, 6.07) is 6.82. The lowest BCUT2D eigenvalue weighted by atomic mass is 10.3. The van der Waals surface area contributed by atoms with Crippen LogP contribution in [-0.2, 0) is 4.74 Å². The van der Waals surface area contributed by atoms with Gasteiger partial charge in [-0.3, -0.25) is 9.59 Å². The lowest BCUT2D eigenvalue weighted by molar-refractivity contribution is 0.0719. The predicted molar refractivity (Wildman–Crippen MR) is 91.7 cm³/mol. The Morgan fingerprint density at radius 2 is 2.25 bits per heavy atom. The van der Waals surface area contributed by atoms with Gasteiger partial charge in [0.2, 0.25) is 0 Å². The number of nitrogens with two attached hydrogens (primary N) is 1. The van der Waals surface area contributed by atoms with E-state index in [9.17, 15) is 9.59 Å². The van der Waals surface area contributed by atoms with E-state index in [-0.39, 0.29) is 12.0 Å². The summed E-state index contributed by atoms with van der Waals surface area (Å²) in [6.45, 7) is 1.23. The molecule has 3 rings (SSSR count). The van der Waals surface area contributed by atoms with Gasteiger partial charge in [0.1, 0.15) is 16.5 Å². The number of hydrogen-bond donors (Lipinski definition) is 2. The number of carbonyl (C=O) groups is 2. The summed E-state index contributed by atoms with van der Waals surface area (Å²) >= 11 is 1.35. The van der Waals surface area contributed by atoms with Crippen molar-refractivity contribution in [2.24, 2.45) is 5.73 Å². The van der Waals surface area contributed by atoms with Crippen LogP contribution in [0.4, 0.5) is 10.8 Å². The Morgan fingerprint density at radius 3 is 2.96 bits per heavy atom. The molecule has 2 aromatic heterocycles. The third kappa shape index (κ3) is 3.39. The Kier molecular flexibility index (Phi) is 4.77. The van der Waals surface area contributed by atoms with Crippen LogP contribution < -0.4 is 11.1 Å². The normalized spacial score (nSPS) is 17.0. The Hall–Kier alpha value is -2.45. The van der Waals surface area contributed by atoms with Gasteiger partial charge in [-0.05, 0) is 30.0 Å². The van der Waals surface area contributed by atoms with Crippen LogP contribution in [0.15, 0.2) is 29.6 Å². The van der Waals surface area contributed by atoms with E-state index < -0.39 is 5.91 Å². The van der Waals surface area contributed by atoms with E-state index in [4.69, 9.17) is 10.5 Å². The minimum absolute atomic E-state index is 0.0829. The van der Waals surface area contributed by atoms with E-state index in [1.54, 1.807) is 41.7 Å². The van der Waals surface area contributed by atoms with Gasteiger partial charge in [0.15, 0.2) is 0 Å². The third-order valence-electron chi connectivity index (χ3n) is 3.91. The van der Waals surface area contributed by atoms with Gasteiger partial charge >= 0.3 is 0 Å². The highest BCUT2D eigenvalue weighted by Crippen LogP contribution is 2.26. The smallest absolute Gasteiger partial charge is 0.272 e. The number of carbonyl (C=O) groups excluding carboxylic acids is 2. The van der Waals surface area contributed by atoms with E-state index >= 15 is 0 Å². The molecule has 1 saturated heterocycles. The molecule has 0 unspecified atom stereocenters. The summed E-state index contributed by atoms with van der Waals surface area (Å²) in [4.78, 5) is 30.0. The first-order valence-corrected chi connectivity index (χ1v) is 8.40. The molecule has 7 nitrogen and oxygen atoms in total. The van der Waals surface area contributed by atoms with E-state index in [0.29, 0.717) is 35.2 Å². The maximum Gasteiger partial charge on any atom is 0.272 e. The second-order valence-electron chi connectivity index (χ2n) is 5.46. The average molecular weight is 346 g/mol. The van der Waals surface area contributed by atoms with Crippen molar-refractivity contribution in [2.75, 3.05) is 25.5 Å². The summed E-state index contributed by atoms with van der Waals surface area (Å²) in [7, 11) is 1.65. The second kappa shape index (κ2) is 6.98. The monoisotopic (exact) mass is 346 g/mol. The number of hydrogen-bond acceptors (Lipinski definition) is 6. The second-order valence-corrected chi connectivity index (χ2v) is 6.37. The molecule has 0 radical (unpaired) electrons. The van der Waals surface area contributed by atoms with Crippen molar-refractivity contribution in [2.45, 2.75) is 12.5 Å². The first-order valence-electron chi connectivity index (χ1n) is 7.52. The summed E-state index contributed by atoms with van der Waals surface area (Å²) in [5.74, 6) is -0.138. The van der Waals surface area contributed by atoms with Gasteiger partial charge in [-0.2, -0.15) is 0 Å². The van der Waals surface area contributed by atoms with Gasteiger partial charge in [-0.25, -0.2) is 4.98 Å². The molecule has 24 heavy (non-hydrogen) atoms. The Morgan fingerprint density at radius 1 is 1.42 bits per heavy atom. The molecule has 2 amide bonds. The fourth-order valence-electron chi connectivity index (χ4n) is 2.61. The van der Waals surface area contributed by atoms with Crippen molar-refractivity contribution >= 4 is 34.0 Å². The molecule has 3 N–H and O–H groups in total. The highest BCUT2D eigenvalue weighted by Gasteiger charge is 2.27. The molecule has 1 fully saturated rings. The molecule has 0 aliphatic carbocycles. The van der Waals surface area contributed by atoms with E-state index in [1.807, 2.05) is 0 Å². The summed E-state index contributed by atoms with van der Waals surface area (Å²) in [5.41, 5.74) is 6.09. The number of rotatable bonds is 5. The van der Waals surface area contributed by atoms with Crippen LogP contribution in [-0.4, -0.2) is 48.0 Å². The van der Waals surface area contributed by atoms with E-state index in [1.165, 1.54) is 11.3 Å². The zero-order valence-electron chi connectivity index (χ0n) is 13.2. The molecular formula is C16H18N4O3S. The number of nitrogens with one attached hydrogen (secondary N) is 1. The quantitative estimate of drug-likeness (QED) is 0.861. The number of methoxy groups -OCH3 is 1. The van der Waals surface area contributed by atoms with Crippen LogP contribution in [0.1, 0.15) is 27.3 Å². The molecule has 1 atom stereocenters. The average Bonchev–Trinajstić information content (AvgIpc) is 3.23. The molecule has 0 saturated carbocycles. The Labute approximate surface area is 143 Å². The van der Waals surface area contributed by atoms with Crippen LogP contribution in [0, 0.1) is 0 Å². The van der Waals surface area contributed by atoms with Gasteiger partial charge in [-0.1, -0.05) is 6.07 Å². The molecular weight excluding hydrogens is 328 g/mol. The zero-order valence-corrected chi connectivity index (χ0v) is 14.0. The molecule has 1 aliphatic heterocycles. The summed E-state index contributed by atoms with van der Waals surface area (Å²) in [5, 5.41) is 5.43. The molecule has 0 spiro atoms. The first kappa shape index (κ1) is 16.4. The van der Waals surface area contributed by atoms with E-state index in [2.05, 4.69) is 10.3 Å². The van der Waals surface area contributed by atoms with Crippen molar-refractivity contribution in [3.8, 4) is 0 Å². The number of thiophene rings is 1. The topological polar surface area (TPSA) is 97.5 Å². The molecule has 3 heterocycles. The standard InChI is InChI=1S/C16H18N4O3S/c1-23-10-5-7-20(9-10)16(22)12-3-2-4-13(18-12)19-15-11(14(17)21)6-8-24-15/h2-4,6,8,10H,5,7,9H2,1H3,(H2,17,21)(H,18,19)/t10-/m0/s1. The fourth-order valence-corrected chi connectivity index (χ4v) is 3.41. The molecule has 0 bridgehead atoms. The molecule has 1 aliphatic rings. The van der Waals surface area contributed by atoms with Gasteiger partial charge in [0.25, 0.3) is 11.8 Å². The summed E-state index contributed by atoms with van der Waals surface area (Å²) in [6.07, 6.45) is 0.914. The summed E-state index contributed by atoms with van der Waals surface area (Å²) < 4.78 is 5.29. The molecule has 0 aromatic carbocycles. The predicted octanol–water partition coefficient (Wildman–Crippen LogP) is 1.85. The number of pyridine rings is 1. The Balaban J connectivity index is 1.76. The van der Waals surface area contributed by atoms with E-state index in [0.717, 1.165) is 6.42 Å². The van der Waals surface area contributed by atoms with Crippen LogP contribution in [0.25, 0.3) is 0 Å². The van der Waals surface area contributed by atoms with Gasteiger partial charge in [0.05, 0.1) is 11.7 Å². The zero-order chi connectivity index (χ0) is 17.1. The van der Waals surface area contributed by atoms with Crippen molar-refractivity contribution in [1.29, 1.82) is 0 Å². The number of anilines is 2. The molecule has 126 valence electrons. The lowest BCUT2D eigenvalue weighted by Gasteiger charge is -2.16. The van der Waals surface area contributed by atoms with Crippen LogP contribution in [0.3, 0.4) is 0 Å². The number of likely N-dealkylation sites (tertiary alicyclic amines) is 1. The minimum Gasteiger partial charge on any atom is -0.380 e. The molecule has 8 heteroatoms. The van der Waals surface area contributed by atoms with Gasteiger partial charge < -0.3 is 20.7 Å². The van der Waals surface area contributed by atoms with Crippen molar-refractivity contribution in [1.82, 2.24) is 9.88 Å².